The van der Waals surface area contributed by atoms with E-state index in [9.17, 15) is 0 Å². The second-order valence-electron chi connectivity index (χ2n) is 4.65. The summed E-state index contributed by atoms with van der Waals surface area (Å²) in [5, 5.41) is 1.27. The minimum atomic E-state index is 0.695. The SMILES string of the molecule is CSc1c(N)nsc1N1CCC(C(C)C)C1. The maximum Gasteiger partial charge on any atom is 0.153 e. The van der Waals surface area contributed by atoms with Gasteiger partial charge in [0.1, 0.15) is 5.00 Å². The molecule has 1 aromatic heterocycles. The lowest BCUT2D eigenvalue weighted by Crippen LogP contribution is -2.20. The predicted molar refractivity (Wildman–Crippen MR) is 73.5 cm³/mol. The molecule has 1 unspecified atom stereocenters. The Bertz CT molecular complexity index is 362. The van der Waals surface area contributed by atoms with Crippen molar-refractivity contribution in [3.05, 3.63) is 0 Å². The maximum atomic E-state index is 5.87. The van der Waals surface area contributed by atoms with Crippen LogP contribution in [0.5, 0.6) is 0 Å². The van der Waals surface area contributed by atoms with Gasteiger partial charge in [0.15, 0.2) is 5.82 Å². The van der Waals surface area contributed by atoms with Crippen molar-refractivity contribution in [2.75, 3.05) is 30.0 Å². The molecular weight excluding hydrogens is 238 g/mol. The zero-order chi connectivity index (χ0) is 11.7. The third-order valence-corrected chi connectivity index (χ3v) is 5.18. The van der Waals surface area contributed by atoms with Gasteiger partial charge in [-0.1, -0.05) is 13.8 Å². The van der Waals surface area contributed by atoms with E-state index >= 15 is 0 Å². The number of nitrogen functional groups attached to an aromatic ring is 1. The molecule has 1 aliphatic heterocycles. The van der Waals surface area contributed by atoms with Crippen molar-refractivity contribution < 1.29 is 0 Å². The number of hydrogen-bond acceptors (Lipinski definition) is 5. The molecule has 1 saturated heterocycles. The molecule has 16 heavy (non-hydrogen) atoms. The number of thioether (sulfide) groups is 1. The minimum absolute atomic E-state index is 0.695. The molecule has 5 heteroatoms. The topological polar surface area (TPSA) is 42.1 Å². The van der Waals surface area contributed by atoms with E-state index in [4.69, 9.17) is 5.73 Å². The molecule has 1 aliphatic rings. The van der Waals surface area contributed by atoms with Crippen molar-refractivity contribution in [1.29, 1.82) is 0 Å². The average Bonchev–Trinajstić information content (AvgIpc) is 2.83. The van der Waals surface area contributed by atoms with Gasteiger partial charge < -0.3 is 10.6 Å². The van der Waals surface area contributed by atoms with E-state index < -0.39 is 0 Å². The zero-order valence-corrected chi connectivity index (χ0v) is 11.7. The normalized spacial score (nSPS) is 21.0. The highest BCUT2D eigenvalue weighted by Gasteiger charge is 2.28. The van der Waals surface area contributed by atoms with Crippen LogP contribution >= 0.6 is 23.3 Å². The molecule has 1 aromatic rings. The van der Waals surface area contributed by atoms with Crippen LogP contribution in [0, 0.1) is 11.8 Å². The van der Waals surface area contributed by atoms with E-state index in [0.29, 0.717) is 5.82 Å². The molecule has 0 saturated carbocycles. The van der Waals surface area contributed by atoms with E-state index in [1.807, 2.05) is 0 Å². The molecule has 0 radical (unpaired) electrons. The summed E-state index contributed by atoms with van der Waals surface area (Å²) in [7, 11) is 0. The highest BCUT2D eigenvalue weighted by Crippen LogP contribution is 2.40. The molecule has 1 atom stereocenters. The van der Waals surface area contributed by atoms with E-state index in [0.717, 1.165) is 29.8 Å². The standard InChI is InChI=1S/C11H19N3S2/c1-7(2)8-4-5-14(6-8)11-9(15-3)10(12)13-16-11/h7-8H,4-6H2,1-3H3,(H2,12,13). The first-order chi connectivity index (χ1) is 7.63. The first-order valence-corrected chi connectivity index (χ1v) is 7.67. The number of anilines is 2. The minimum Gasteiger partial charge on any atom is -0.382 e. The maximum absolute atomic E-state index is 5.87. The summed E-state index contributed by atoms with van der Waals surface area (Å²) in [5.74, 6) is 2.28. The summed E-state index contributed by atoms with van der Waals surface area (Å²) in [4.78, 5) is 3.61. The summed E-state index contributed by atoms with van der Waals surface area (Å²) < 4.78 is 4.26. The van der Waals surface area contributed by atoms with Crippen LogP contribution in [0.2, 0.25) is 0 Å². The van der Waals surface area contributed by atoms with E-state index in [1.54, 1.807) is 23.3 Å². The van der Waals surface area contributed by atoms with Crippen LogP contribution in [0.15, 0.2) is 4.90 Å². The van der Waals surface area contributed by atoms with Crippen LogP contribution in [0.25, 0.3) is 0 Å². The predicted octanol–water partition coefficient (Wildman–Crippen LogP) is 2.93. The molecule has 3 nitrogen and oxygen atoms in total. The van der Waals surface area contributed by atoms with Crippen LogP contribution in [-0.2, 0) is 0 Å². The molecule has 0 aromatic carbocycles. The summed E-state index contributed by atoms with van der Waals surface area (Å²) in [6, 6.07) is 0. The Labute approximate surface area is 106 Å². The highest BCUT2D eigenvalue weighted by atomic mass is 32.2. The van der Waals surface area contributed by atoms with Crippen molar-refractivity contribution in [2.45, 2.75) is 25.2 Å². The Balaban J connectivity index is 2.14. The second-order valence-corrected chi connectivity index (χ2v) is 6.21. The fraction of sp³-hybridized carbons (Fsp3) is 0.727. The van der Waals surface area contributed by atoms with E-state index in [1.165, 1.54) is 11.4 Å². The Kier molecular flexibility index (Phi) is 3.64. The second kappa shape index (κ2) is 4.84. The Morgan fingerprint density at radius 3 is 2.88 bits per heavy atom. The smallest absolute Gasteiger partial charge is 0.153 e. The lowest BCUT2D eigenvalue weighted by atomic mass is 9.95. The molecule has 2 heterocycles. The summed E-state index contributed by atoms with van der Waals surface area (Å²) in [6.45, 7) is 6.93. The van der Waals surface area contributed by atoms with Crippen LogP contribution in [0.3, 0.4) is 0 Å². The molecule has 0 amide bonds. The quantitative estimate of drug-likeness (QED) is 0.845. The number of nitrogens with zero attached hydrogens (tertiary/aromatic N) is 2. The van der Waals surface area contributed by atoms with Crippen LogP contribution in [-0.4, -0.2) is 23.7 Å². The highest BCUT2D eigenvalue weighted by molar-refractivity contribution is 7.99. The van der Waals surface area contributed by atoms with Gasteiger partial charge in [-0.2, -0.15) is 4.37 Å². The Hall–Kier alpha value is -0.420. The van der Waals surface area contributed by atoms with Crippen LogP contribution in [0.1, 0.15) is 20.3 Å². The van der Waals surface area contributed by atoms with Gasteiger partial charge >= 0.3 is 0 Å². The average molecular weight is 257 g/mol. The van der Waals surface area contributed by atoms with Crippen molar-refractivity contribution >= 4 is 34.1 Å². The van der Waals surface area contributed by atoms with E-state index in [-0.39, 0.29) is 0 Å². The molecule has 0 aliphatic carbocycles. The van der Waals surface area contributed by atoms with Crippen molar-refractivity contribution in [2.24, 2.45) is 11.8 Å². The van der Waals surface area contributed by atoms with Gasteiger partial charge in [0.25, 0.3) is 0 Å². The van der Waals surface area contributed by atoms with Crippen molar-refractivity contribution in [3.63, 3.8) is 0 Å². The molecule has 0 spiro atoms. The fourth-order valence-corrected chi connectivity index (χ4v) is 3.92. The first-order valence-electron chi connectivity index (χ1n) is 5.67. The molecule has 2 N–H and O–H groups in total. The third-order valence-electron chi connectivity index (χ3n) is 3.32. The van der Waals surface area contributed by atoms with Gasteiger partial charge in [-0.3, -0.25) is 0 Å². The number of hydrogen-bond donors (Lipinski definition) is 1. The van der Waals surface area contributed by atoms with Gasteiger partial charge in [-0.05, 0) is 36.0 Å². The summed E-state index contributed by atoms with van der Waals surface area (Å²) >= 11 is 3.25. The molecule has 2 rings (SSSR count). The van der Waals surface area contributed by atoms with E-state index in [2.05, 4.69) is 29.4 Å². The number of aromatic nitrogens is 1. The van der Waals surface area contributed by atoms with Gasteiger partial charge in [0.2, 0.25) is 0 Å². The molecule has 1 fully saturated rings. The number of nitrogens with two attached hydrogens (primary N) is 1. The monoisotopic (exact) mass is 257 g/mol. The summed E-state index contributed by atoms with van der Waals surface area (Å²) in [6.07, 6.45) is 3.36. The fourth-order valence-electron chi connectivity index (χ4n) is 2.19. The van der Waals surface area contributed by atoms with Gasteiger partial charge in [-0.15, -0.1) is 11.8 Å². The van der Waals surface area contributed by atoms with Crippen molar-refractivity contribution in [3.8, 4) is 0 Å². The summed E-state index contributed by atoms with van der Waals surface area (Å²) in [5.41, 5.74) is 5.87. The van der Waals surface area contributed by atoms with Gasteiger partial charge in [0.05, 0.1) is 4.90 Å². The van der Waals surface area contributed by atoms with Gasteiger partial charge in [-0.25, -0.2) is 0 Å². The largest absolute Gasteiger partial charge is 0.382 e. The molecule has 90 valence electrons. The van der Waals surface area contributed by atoms with Crippen LogP contribution < -0.4 is 10.6 Å². The Morgan fingerprint density at radius 2 is 2.31 bits per heavy atom. The Morgan fingerprint density at radius 1 is 1.56 bits per heavy atom. The lowest BCUT2D eigenvalue weighted by Gasteiger charge is -2.18. The molecular formula is C11H19N3S2. The number of rotatable bonds is 3. The van der Waals surface area contributed by atoms with Crippen LogP contribution in [0.4, 0.5) is 10.8 Å². The van der Waals surface area contributed by atoms with Crippen molar-refractivity contribution in [1.82, 2.24) is 4.37 Å². The molecule has 0 bridgehead atoms. The first kappa shape index (κ1) is 12.0. The lowest BCUT2D eigenvalue weighted by molar-refractivity contribution is 0.423. The third kappa shape index (κ3) is 2.15. The van der Waals surface area contributed by atoms with Gasteiger partial charge in [0, 0.05) is 13.1 Å². The zero-order valence-electron chi connectivity index (χ0n) is 10.1.